The van der Waals surface area contributed by atoms with Gasteiger partial charge in [-0.3, -0.25) is 4.98 Å². The number of pyridine rings is 2. The first-order valence-corrected chi connectivity index (χ1v) is 5.65. The molecule has 0 atom stereocenters. The van der Waals surface area contributed by atoms with Gasteiger partial charge in [0.2, 0.25) is 5.88 Å². The van der Waals surface area contributed by atoms with Gasteiger partial charge in [-0.2, -0.15) is 4.98 Å². The number of aliphatic hydroxyl groups excluding tert-OH is 1. The number of aromatic nitrogens is 2. The molecule has 0 spiro atoms. The molecule has 0 unspecified atom stereocenters. The molecule has 0 radical (unpaired) electrons. The molecule has 2 N–H and O–H groups in total. The number of anilines is 1. The van der Waals surface area contributed by atoms with Crippen LogP contribution < -0.4 is 10.1 Å². The van der Waals surface area contributed by atoms with Crippen molar-refractivity contribution in [1.29, 1.82) is 0 Å². The molecule has 2 aromatic rings. The molecule has 0 bridgehead atoms. The number of rotatable bonds is 3. The van der Waals surface area contributed by atoms with Gasteiger partial charge in [-0.15, -0.1) is 0 Å². The Morgan fingerprint density at radius 2 is 2.41 bits per heavy atom. The second kappa shape index (κ2) is 4.18. The van der Waals surface area contributed by atoms with E-state index in [4.69, 9.17) is 9.84 Å². The van der Waals surface area contributed by atoms with E-state index in [1.807, 2.05) is 12.1 Å². The van der Waals surface area contributed by atoms with E-state index in [0.29, 0.717) is 24.8 Å². The first kappa shape index (κ1) is 10.3. The maximum atomic E-state index is 8.85. The third kappa shape index (κ3) is 1.68. The maximum Gasteiger partial charge on any atom is 0.219 e. The van der Waals surface area contributed by atoms with Gasteiger partial charge in [-0.1, -0.05) is 6.07 Å². The normalized spacial score (nSPS) is 13.5. The Kier molecular flexibility index (Phi) is 2.53. The second-order valence-electron chi connectivity index (χ2n) is 3.89. The van der Waals surface area contributed by atoms with Gasteiger partial charge in [0.15, 0.2) is 5.82 Å². The van der Waals surface area contributed by atoms with Crippen molar-refractivity contribution in [1.82, 2.24) is 9.97 Å². The zero-order valence-electron chi connectivity index (χ0n) is 9.31. The second-order valence-corrected chi connectivity index (χ2v) is 3.89. The van der Waals surface area contributed by atoms with Crippen molar-refractivity contribution >= 4 is 16.7 Å². The molecule has 0 aromatic carbocycles. The lowest BCUT2D eigenvalue weighted by atomic mass is 10.1. The fraction of sp³-hybridized carbons (Fsp3) is 0.333. The molecular formula is C12H13N3O2. The van der Waals surface area contributed by atoms with Crippen LogP contribution in [0.25, 0.3) is 10.9 Å². The molecule has 0 saturated carbocycles. The highest BCUT2D eigenvalue weighted by Gasteiger charge is 2.19. The Labute approximate surface area is 98.5 Å². The Balaban J connectivity index is 2.18. The standard InChI is InChI=1S/C12H13N3O2/c16-6-5-14-11-10-8(2-1-4-13-10)9-3-7-17-12(9)15-11/h1-2,4,16H,3,5-7H2,(H,14,15). The first-order valence-electron chi connectivity index (χ1n) is 5.65. The lowest BCUT2D eigenvalue weighted by Crippen LogP contribution is -2.08. The highest BCUT2D eigenvalue weighted by molar-refractivity contribution is 5.92. The summed E-state index contributed by atoms with van der Waals surface area (Å²) in [6, 6.07) is 3.94. The fourth-order valence-corrected chi connectivity index (χ4v) is 2.08. The van der Waals surface area contributed by atoms with Crippen LogP contribution >= 0.6 is 0 Å². The Bertz CT molecular complexity index is 557. The number of nitrogens with one attached hydrogen (secondary N) is 1. The SMILES string of the molecule is OCCNc1nc2c(c3cccnc13)CCO2. The minimum Gasteiger partial charge on any atom is -0.477 e. The van der Waals surface area contributed by atoms with Crippen LogP contribution in [0, 0.1) is 0 Å². The van der Waals surface area contributed by atoms with Crippen LogP contribution in [0.5, 0.6) is 5.88 Å². The average molecular weight is 231 g/mol. The van der Waals surface area contributed by atoms with E-state index >= 15 is 0 Å². The van der Waals surface area contributed by atoms with Gasteiger partial charge in [-0.25, -0.2) is 0 Å². The average Bonchev–Trinajstić information content (AvgIpc) is 2.84. The van der Waals surface area contributed by atoms with Crippen LogP contribution in [0.15, 0.2) is 18.3 Å². The molecule has 17 heavy (non-hydrogen) atoms. The van der Waals surface area contributed by atoms with Gasteiger partial charge in [0, 0.05) is 30.1 Å². The van der Waals surface area contributed by atoms with Gasteiger partial charge in [0.05, 0.1) is 13.2 Å². The number of aliphatic hydroxyl groups is 1. The molecule has 1 aliphatic heterocycles. The van der Waals surface area contributed by atoms with E-state index in [1.54, 1.807) is 6.20 Å². The summed E-state index contributed by atoms with van der Waals surface area (Å²) in [5.41, 5.74) is 1.97. The number of fused-ring (bicyclic) bond motifs is 3. The van der Waals surface area contributed by atoms with Crippen LogP contribution in [-0.4, -0.2) is 34.8 Å². The van der Waals surface area contributed by atoms with E-state index in [-0.39, 0.29) is 6.61 Å². The molecule has 1 aliphatic rings. The van der Waals surface area contributed by atoms with Crippen molar-refractivity contribution in [3.63, 3.8) is 0 Å². The minimum atomic E-state index is 0.0634. The quantitative estimate of drug-likeness (QED) is 0.823. The molecule has 3 heterocycles. The first-order chi connectivity index (χ1) is 8.40. The van der Waals surface area contributed by atoms with Gasteiger partial charge in [0.25, 0.3) is 0 Å². The summed E-state index contributed by atoms with van der Waals surface area (Å²) >= 11 is 0. The van der Waals surface area contributed by atoms with Crippen molar-refractivity contribution in [2.24, 2.45) is 0 Å². The zero-order chi connectivity index (χ0) is 11.7. The zero-order valence-corrected chi connectivity index (χ0v) is 9.31. The summed E-state index contributed by atoms with van der Waals surface area (Å²) in [5, 5.41) is 13.0. The number of nitrogens with zero attached hydrogens (tertiary/aromatic N) is 2. The monoisotopic (exact) mass is 231 g/mol. The predicted octanol–water partition coefficient (Wildman–Crippen LogP) is 0.969. The lowest BCUT2D eigenvalue weighted by Gasteiger charge is -2.09. The number of hydrogen-bond donors (Lipinski definition) is 2. The van der Waals surface area contributed by atoms with Crippen molar-refractivity contribution in [2.45, 2.75) is 6.42 Å². The minimum absolute atomic E-state index is 0.0634. The maximum absolute atomic E-state index is 8.85. The van der Waals surface area contributed by atoms with Gasteiger partial charge >= 0.3 is 0 Å². The third-order valence-electron chi connectivity index (χ3n) is 2.82. The molecule has 2 aromatic heterocycles. The van der Waals surface area contributed by atoms with E-state index in [9.17, 15) is 0 Å². The molecule has 3 rings (SSSR count). The fourth-order valence-electron chi connectivity index (χ4n) is 2.08. The summed E-state index contributed by atoms with van der Waals surface area (Å²) in [6.07, 6.45) is 2.63. The Morgan fingerprint density at radius 1 is 1.47 bits per heavy atom. The molecule has 5 nitrogen and oxygen atoms in total. The van der Waals surface area contributed by atoms with Crippen molar-refractivity contribution in [3.8, 4) is 5.88 Å². The third-order valence-corrected chi connectivity index (χ3v) is 2.82. The molecule has 0 saturated heterocycles. The molecule has 0 fully saturated rings. The van der Waals surface area contributed by atoms with E-state index < -0.39 is 0 Å². The van der Waals surface area contributed by atoms with Crippen LogP contribution in [0.1, 0.15) is 5.56 Å². The van der Waals surface area contributed by atoms with Crippen molar-refractivity contribution < 1.29 is 9.84 Å². The van der Waals surface area contributed by atoms with Crippen LogP contribution in [-0.2, 0) is 6.42 Å². The Hall–Kier alpha value is -1.88. The topological polar surface area (TPSA) is 67.3 Å². The van der Waals surface area contributed by atoms with Gasteiger partial charge < -0.3 is 15.2 Å². The highest BCUT2D eigenvalue weighted by Crippen LogP contribution is 2.33. The van der Waals surface area contributed by atoms with Gasteiger partial charge in [-0.05, 0) is 6.07 Å². The summed E-state index contributed by atoms with van der Waals surface area (Å²) in [7, 11) is 0. The van der Waals surface area contributed by atoms with E-state index in [1.165, 1.54) is 0 Å². The molecule has 0 amide bonds. The number of hydrogen-bond acceptors (Lipinski definition) is 5. The summed E-state index contributed by atoms with van der Waals surface area (Å²) < 4.78 is 5.49. The molecule has 88 valence electrons. The van der Waals surface area contributed by atoms with Crippen LogP contribution in [0.2, 0.25) is 0 Å². The van der Waals surface area contributed by atoms with Crippen LogP contribution in [0.3, 0.4) is 0 Å². The molecular weight excluding hydrogens is 218 g/mol. The molecule has 5 heteroatoms. The predicted molar refractivity (Wildman–Crippen MR) is 64.3 cm³/mol. The summed E-state index contributed by atoms with van der Waals surface area (Å²) in [4.78, 5) is 8.76. The lowest BCUT2D eigenvalue weighted by molar-refractivity contribution is 0.310. The van der Waals surface area contributed by atoms with Gasteiger partial charge in [0.1, 0.15) is 5.52 Å². The van der Waals surface area contributed by atoms with E-state index in [2.05, 4.69) is 15.3 Å². The highest BCUT2D eigenvalue weighted by atomic mass is 16.5. The smallest absolute Gasteiger partial charge is 0.219 e. The van der Waals surface area contributed by atoms with Crippen molar-refractivity contribution in [3.05, 3.63) is 23.9 Å². The summed E-state index contributed by atoms with van der Waals surface area (Å²) in [5.74, 6) is 1.36. The number of ether oxygens (including phenoxy) is 1. The summed E-state index contributed by atoms with van der Waals surface area (Å²) in [6.45, 7) is 1.20. The van der Waals surface area contributed by atoms with E-state index in [0.717, 1.165) is 22.9 Å². The largest absolute Gasteiger partial charge is 0.477 e. The van der Waals surface area contributed by atoms with Crippen molar-refractivity contribution in [2.75, 3.05) is 25.1 Å². The molecule has 0 aliphatic carbocycles. The van der Waals surface area contributed by atoms with Crippen LogP contribution in [0.4, 0.5) is 5.82 Å². The Morgan fingerprint density at radius 3 is 3.29 bits per heavy atom.